The topological polar surface area (TPSA) is 40.2 Å². The standard InChI is InChI=1S/C12H15BrN2O/c1-7(14)12-11(13)9-5-4-8(16-3)6-10(9)15(12)2/h4-7H,14H2,1-3H3. The maximum Gasteiger partial charge on any atom is 0.120 e. The van der Waals surface area contributed by atoms with Gasteiger partial charge < -0.3 is 15.0 Å². The lowest BCUT2D eigenvalue weighted by atomic mass is 10.2. The van der Waals surface area contributed by atoms with Gasteiger partial charge in [0.25, 0.3) is 0 Å². The molecule has 0 saturated heterocycles. The van der Waals surface area contributed by atoms with E-state index in [0.29, 0.717) is 0 Å². The van der Waals surface area contributed by atoms with Crippen LogP contribution in [0.25, 0.3) is 10.9 Å². The Hall–Kier alpha value is -1.00. The van der Waals surface area contributed by atoms with Crippen LogP contribution in [-0.2, 0) is 7.05 Å². The number of hydrogen-bond donors (Lipinski definition) is 1. The molecule has 0 aliphatic heterocycles. The minimum atomic E-state index is -0.00206. The van der Waals surface area contributed by atoms with Crippen LogP contribution in [0.1, 0.15) is 18.7 Å². The Bertz CT molecular complexity index is 531. The molecule has 0 aliphatic carbocycles. The summed E-state index contributed by atoms with van der Waals surface area (Å²) in [6, 6.07) is 6.02. The number of hydrogen-bond acceptors (Lipinski definition) is 2. The summed E-state index contributed by atoms with van der Waals surface area (Å²) in [4.78, 5) is 0. The predicted molar refractivity (Wildman–Crippen MR) is 69.8 cm³/mol. The number of aryl methyl sites for hydroxylation is 1. The van der Waals surface area contributed by atoms with E-state index < -0.39 is 0 Å². The fourth-order valence-electron chi connectivity index (χ4n) is 2.02. The number of methoxy groups -OCH3 is 1. The largest absolute Gasteiger partial charge is 0.497 e. The fourth-order valence-corrected chi connectivity index (χ4v) is 2.98. The molecule has 86 valence electrons. The minimum Gasteiger partial charge on any atom is -0.497 e. The summed E-state index contributed by atoms with van der Waals surface area (Å²) in [6.07, 6.45) is 0. The van der Waals surface area contributed by atoms with Gasteiger partial charge in [-0.1, -0.05) is 0 Å². The third-order valence-corrected chi connectivity index (χ3v) is 3.65. The molecule has 0 bridgehead atoms. The number of halogens is 1. The molecule has 0 spiro atoms. The van der Waals surface area contributed by atoms with Gasteiger partial charge in [0.1, 0.15) is 5.75 Å². The molecule has 1 atom stereocenters. The van der Waals surface area contributed by atoms with Crippen molar-refractivity contribution < 1.29 is 4.74 Å². The highest BCUT2D eigenvalue weighted by molar-refractivity contribution is 9.10. The summed E-state index contributed by atoms with van der Waals surface area (Å²) in [5, 5.41) is 1.16. The maximum absolute atomic E-state index is 5.97. The van der Waals surface area contributed by atoms with Gasteiger partial charge in [0, 0.05) is 34.7 Å². The number of benzene rings is 1. The normalized spacial score (nSPS) is 13.1. The molecule has 2 aromatic rings. The van der Waals surface area contributed by atoms with Gasteiger partial charge in [0.05, 0.1) is 12.6 Å². The van der Waals surface area contributed by atoms with Crippen LogP contribution < -0.4 is 10.5 Å². The maximum atomic E-state index is 5.97. The highest BCUT2D eigenvalue weighted by Crippen LogP contribution is 2.34. The molecular formula is C12H15BrN2O. The second-order valence-corrected chi connectivity index (χ2v) is 4.72. The van der Waals surface area contributed by atoms with Crippen molar-refractivity contribution in [3.8, 4) is 5.75 Å². The van der Waals surface area contributed by atoms with Gasteiger partial charge in [0.2, 0.25) is 0 Å². The number of nitrogens with zero attached hydrogens (tertiary/aromatic N) is 1. The summed E-state index contributed by atoms with van der Waals surface area (Å²) in [5.74, 6) is 0.858. The lowest BCUT2D eigenvalue weighted by Gasteiger charge is -2.08. The Morgan fingerprint density at radius 1 is 1.44 bits per heavy atom. The molecule has 1 aromatic carbocycles. The number of rotatable bonds is 2. The number of aromatic nitrogens is 1. The molecule has 16 heavy (non-hydrogen) atoms. The predicted octanol–water partition coefficient (Wildman–Crippen LogP) is 2.97. The van der Waals surface area contributed by atoms with E-state index in [0.717, 1.165) is 26.8 Å². The lowest BCUT2D eigenvalue weighted by molar-refractivity contribution is 0.415. The van der Waals surface area contributed by atoms with Crippen LogP contribution in [0.2, 0.25) is 0 Å². The average Bonchev–Trinajstić information content (AvgIpc) is 2.51. The van der Waals surface area contributed by atoms with E-state index in [1.807, 2.05) is 32.2 Å². The average molecular weight is 283 g/mol. The quantitative estimate of drug-likeness (QED) is 0.920. The monoisotopic (exact) mass is 282 g/mol. The first-order valence-corrected chi connectivity index (χ1v) is 5.93. The Morgan fingerprint density at radius 3 is 2.69 bits per heavy atom. The molecule has 2 N–H and O–H groups in total. The van der Waals surface area contributed by atoms with Gasteiger partial charge in [-0.3, -0.25) is 0 Å². The Morgan fingerprint density at radius 2 is 2.12 bits per heavy atom. The van der Waals surface area contributed by atoms with Crippen molar-refractivity contribution >= 4 is 26.8 Å². The second kappa shape index (κ2) is 4.11. The summed E-state index contributed by atoms with van der Waals surface area (Å²) >= 11 is 3.61. The summed E-state index contributed by atoms with van der Waals surface area (Å²) < 4.78 is 8.40. The van der Waals surface area contributed by atoms with Crippen LogP contribution in [0.5, 0.6) is 5.75 Å². The van der Waals surface area contributed by atoms with Crippen LogP contribution in [-0.4, -0.2) is 11.7 Å². The van der Waals surface area contributed by atoms with Gasteiger partial charge in [-0.2, -0.15) is 0 Å². The first kappa shape index (κ1) is 11.5. The number of nitrogens with two attached hydrogens (primary N) is 1. The molecule has 1 aromatic heterocycles. The van der Waals surface area contributed by atoms with E-state index in [1.165, 1.54) is 0 Å². The van der Waals surface area contributed by atoms with Crippen LogP contribution in [0.15, 0.2) is 22.7 Å². The number of fused-ring (bicyclic) bond motifs is 1. The van der Waals surface area contributed by atoms with E-state index in [2.05, 4.69) is 20.5 Å². The van der Waals surface area contributed by atoms with Crippen LogP contribution in [0, 0.1) is 0 Å². The minimum absolute atomic E-state index is 0.00206. The Balaban J connectivity index is 2.77. The zero-order valence-electron chi connectivity index (χ0n) is 9.62. The third-order valence-electron chi connectivity index (χ3n) is 2.82. The smallest absolute Gasteiger partial charge is 0.120 e. The second-order valence-electron chi connectivity index (χ2n) is 3.93. The Kier molecular flexibility index (Phi) is 2.95. The van der Waals surface area contributed by atoms with Gasteiger partial charge in [-0.05, 0) is 35.0 Å². The van der Waals surface area contributed by atoms with Crippen molar-refractivity contribution in [2.24, 2.45) is 12.8 Å². The molecule has 3 nitrogen and oxygen atoms in total. The van der Waals surface area contributed by atoms with Crippen LogP contribution in [0.3, 0.4) is 0 Å². The Labute approximate surface area is 103 Å². The molecule has 2 rings (SSSR count). The molecule has 1 heterocycles. The van der Waals surface area contributed by atoms with E-state index in [-0.39, 0.29) is 6.04 Å². The molecule has 0 radical (unpaired) electrons. The van der Waals surface area contributed by atoms with Crippen molar-refractivity contribution in [3.63, 3.8) is 0 Å². The van der Waals surface area contributed by atoms with E-state index in [9.17, 15) is 0 Å². The highest BCUT2D eigenvalue weighted by Gasteiger charge is 2.16. The van der Waals surface area contributed by atoms with Crippen molar-refractivity contribution in [1.82, 2.24) is 4.57 Å². The molecular weight excluding hydrogens is 268 g/mol. The summed E-state index contributed by atoms with van der Waals surface area (Å²) in [5.41, 5.74) is 8.19. The fraction of sp³-hybridized carbons (Fsp3) is 0.333. The van der Waals surface area contributed by atoms with Gasteiger partial charge >= 0.3 is 0 Å². The van der Waals surface area contributed by atoms with E-state index in [1.54, 1.807) is 7.11 Å². The van der Waals surface area contributed by atoms with Gasteiger partial charge in [-0.15, -0.1) is 0 Å². The lowest BCUT2D eigenvalue weighted by Crippen LogP contribution is -2.10. The molecule has 0 saturated carbocycles. The third kappa shape index (κ3) is 1.62. The number of ether oxygens (including phenoxy) is 1. The van der Waals surface area contributed by atoms with Crippen LogP contribution in [0.4, 0.5) is 0 Å². The van der Waals surface area contributed by atoms with Crippen molar-refractivity contribution in [1.29, 1.82) is 0 Å². The van der Waals surface area contributed by atoms with Gasteiger partial charge in [0.15, 0.2) is 0 Å². The summed E-state index contributed by atoms with van der Waals surface area (Å²) in [7, 11) is 3.69. The first-order chi connectivity index (χ1) is 7.56. The first-order valence-electron chi connectivity index (χ1n) is 5.13. The van der Waals surface area contributed by atoms with Gasteiger partial charge in [-0.25, -0.2) is 0 Å². The zero-order valence-corrected chi connectivity index (χ0v) is 11.2. The van der Waals surface area contributed by atoms with Crippen molar-refractivity contribution in [3.05, 3.63) is 28.4 Å². The highest BCUT2D eigenvalue weighted by atomic mass is 79.9. The molecule has 0 amide bonds. The van der Waals surface area contributed by atoms with Crippen molar-refractivity contribution in [2.45, 2.75) is 13.0 Å². The molecule has 0 fully saturated rings. The van der Waals surface area contributed by atoms with Crippen molar-refractivity contribution in [2.75, 3.05) is 7.11 Å². The van der Waals surface area contributed by atoms with Crippen LogP contribution >= 0.6 is 15.9 Å². The molecule has 4 heteroatoms. The van der Waals surface area contributed by atoms with E-state index >= 15 is 0 Å². The summed E-state index contributed by atoms with van der Waals surface area (Å²) in [6.45, 7) is 1.98. The SMILES string of the molecule is COc1ccc2c(Br)c(C(C)N)n(C)c2c1. The zero-order chi connectivity index (χ0) is 11.9. The van der Waals surface area contributed by atoms with E-state index in [4.69, 9.17) is 10.5 Å². The molecule has 0 aliphatic rings. The molecule has 1 unspecified atom stereocenters.